The summed E-state index contributed by atoms with van der Waals surface area (Å²) in [7, 11) is -1.33. The summed E-state index contributed by atoms with van der Waals surface area (Å²) in [5.74, 6) is 0.183. The van der Waals surface area contributed by atoms with Crippen LogP contribution in [0.5, 0.6) is 0 Å². The average molecular weight is 332 g/mol. The van der Waals surface area contributed by atoms with Gasteiger partial charge in [-0.05, 0) is 32.2 Å². The van der Waals surface area contributed by atoms with Gasteiger partial charge >= 0.3 is 0 Å². The van der Waals surface area contributed by atoms with Gasteiger partial charge in [0.2, 0.25) is 5.91 Å². The molecule has 1 spiro atoms. The van der Waals surface area contributed by atoms with Crippen LogP contribution in [0, 0.1) is 0 Å². The molecule has 2 rings (SSSR count). The molecule has 2 aliphatic heterocycles. The average Bonchev–Trinajstić information content (AvgIpc) is 2.62. The predicted molar refractivity (Wildman–Crippen MR) is 85.6 cm³/mol. The van der Waals surface area contributed by atoms with Gasteiger partial charge in [-0.1, -0.05) is 0 Å². The molecule has 0 aromatic rings. The maximum Gasteiger partial charge on any atom is 0.223 e. The van der Waals surface area contributed by atoms with Crippen molar-refractivity contribution < 1.29 is 17.9 Å². The van der Waals surface area contributed by atoms with E-state index < -0.39 is 9.84 Å². The van der Waals surface area contributed by atoms with E-state index in [9.17, 15) is 13.2 Å². The van der Waals surface area contributed by atoms with Crippen molar-refractivity contribution in [3.05, 3.63) is 0 Å². The second-order valence-electron chi connectivity index (χ2n) is 6.59. The van der Waals surface area contributed by atoms with Gasteiger partial charge in [-0.25, -0.2) is 8.42 Å². The number of hydrogen-bond donors (Lipinski definition) is 0. The van der Waals surface area contributed by atoms with E-state index in [4.69, 9.17) is 4.74 Å². The van der Waals surface area contributed by atoms with E-state index >= 15 is 0 Å². The maximum absolute atomic E-state index is 12.2. The van der Waals surface area contributed by atoms with Gasteiger partial charge in [0.1, 0.15) is 9.84 Å². The monoisotopic (exact) mass is 332 g/mol. The van der Waals surface area contributed by atoms with E-state index in [1.165, 1.54) is 6.26 Å². The highest BCUT2D eigenvalue weighted by Crippen LogP contribution is 2.38. The molecule has 1 atom stereocenters. The maximum atomic E-state index is 12.2. The number of rotatable bonds is 6. The fraction of sp³-hybridized carbons (Fsp3) is 0.933. The van der Waals surface area contributed by atoms with Crippen molar-refractivity contribution in [1.29, 1.82) is 0 Å². The normalized spacial score (nSPS) is 27.5. The Labute approximate surface area is 133 Å². The summed E-state index contributed by atoms with van der Waals surface area (Å²) in [6.45, 7) is 3.97. The molecule has 0 aliphatic carbocycles. The summed E-state index contributed by atoms with van der Waals surface area (Å²) in [5.41, 5.74) is -0.121. The zero-order valence-corrected chi connectivity index (χ0v) is 14.5. The summed E-state index contributed by atoms with van der Waals surface area (Å²) >= 11 is 0. The Morgan fingerprint density at radius 3 is 2.64 bits per heavy atom. The van der Waals surface area contributed by atoms with Gasteiger partial charge in [0.25, 0.3) is 0 Å². The molecule has 1 amide bonds. The molecule has 0 aromatic carbocycles. The summed E-state index contributed by atoms with van der Waals surface area (Å²) < 4.78 is 28.0. The molecule has 6 nitrogen and oxygen atoms in total. The molecule has 0 saturated carbocycles. The van der Waals surface area contributed by atoms with Crippen LogP contribution in [0.4, 0.5) is 0 Å². The zero-order valence-electron chi connectivity index (χ0n) is 13.7. The molecule has 0 radical (unpaired) electrons. The molecule has 1 unspecified atom stereocenters. The van der Waals surface area contributed by atoms with Gasteiger partial charge in [-0.2, -0.15) is 0 Å². The van der Waals surface area contributed by atoms with Crippen LogP contribution in [0.3, 0.4) is 0 Å². The van der Waals surface area contributed by atoms with Crippen molar-refractivity contribution in [2.75, 3.05) is 51.9 Å². The number of amides is 1. The largest absolute Gasteiger partial charge is 0.383 e. The van der Waals surface area contributed by atoms with E-state index in [0.29, 0.717) is 13.0 Å². The van der Waals surface area contributed by atoms with Gasteiger partial charge < -0.3 is 14.5 Å². The van der Waals surface area contributed by atoms with Crippen LogP contribution in [0.2, 0.25) is 0 Å². The van der Waals surface area contributed by atoms with Crippen molar-refractivity contribution in [3.8, 4) is 0 Å². The van der Waals surface area contributed by atoms with Crippen molar-refractivity contribution in [2.45, 2.75) is 37.6 Å². The number of carbonyl (C=O) groups is 1. The van der Waals surface area contributed by atoms with Crippen LogP contribution in [-0.2, 0) is 19.4 Å². The lowest BCUT2D eigenvalue weighted by Crippen LogP contribution is -2.48. The third kappa shape index (κ3) is 4.43. The molecular weight excluding hydrogens is 304 g/mol. The van der Waals surface area contributed by atoms with Crippen LogP contribution in [0.25, 0.3) is 0 Å². The second-order valence-corrected chi connectivity index (χ2v) is 8.85. The van der Waals surface area contributed by atoms with Crippen molar-refractivity contribution in [1.82, 2.24) is 9.80 Å². The quantitative estimate of drug-likeness (QED) is 0.710. The van der Waals surface area contributed by atoms with Gasteiger partial charge in [0.15, 0.2) is 0 Å². The lowest BCUT2D eigenvalue weighted by molar-refractivity contribution is -0.131. The minimum absolute atomic E-state index is 0.0634. The summed E-state index contributed by atoms with van der Waals surface area (Å²) in [5, 5.41) is 0. The molecule has 0 N–H and O–H groups in total. The van der Waals surface area contributed by atoms with Gasteiger partial charge in [-0.3, -0.25) is 4.79 Å². The van der Waals surface area contributed by atoms with Crippen molar-refractivity contribution in [3.63, 3.8) is 0 Å². The summed E-state index contributed by atoms with van der Waals surface area (Å²) in [6, 6.07) is 0. The number of sulfone groups is 1. The highest BCUT2D eigenvalue weighted by Gasteiger charge is 2.45. The van der Waals surface area contributed by atoms with Gasteiger partial charge in [-0.15, -0.1) is 0 Å². The standard InChI is InChI=1S/C15H28N2O4S/c1-21-12-10-16-8-3-5-15(7-9-16)6-4-14(18)17(15)11-13-22(2,19)20/h3-13H2,1-2H3. The molecule has 2 saturated heterocycles. The molecule has 2 heterocycles. The first-order chi connectivity index (χ1) is 10.4. The van der Waals surface area contributed by atoms with Crippen LogP contribution in [0.15, 0.2) is 0 Å². The van der Waals surface area contributed by atoms with Crippen LogP contribution < -0.4 is 0 Å². The predicted octanol–water partition coefficient (Wildman–Crippen LogP) is 0.525. The Balaban J connectivity index is 2.02. The van der Waals surface area contributed by atoms with E-state index in [0.717, 1.165) is 51.9 Å². The van der Waals surface area contributed by atoms with Crippen molar-refractivity contribution in [2.24, 2.45) is 0 Å². The molecular formula is C15H28N2O4S. The van der Waals surface area contributed by atoms with Crippen molar-refractivity contribution >= 4 is 15.7 Å². The number of hydrogen-bond acceptors (Lipinski definition) is 5. The Morgan fingerprint density at radius 1 is 1.18 bits per heavy atom. The first-order valence-corrected chi connectivity index (χ1v) is 10.1. The Morgan fingerprint density at radius 2 is 1.95 bits per heavy atom. The molecule has 128 valence electrons. The Hall–Kier alpha value is -0.660. The lowest BCUT2D eigenvalue weighted by Gasteiger charge is -2.38. The second kappa shape index (κ2) is 7.27. The Kier molecular flexibility index (Phi) is 5.85. The topological polar surface area (TPSA) is 66.9 Å². The van der Waals surface area contributed by atoms with Gasteiger partial charge in [0, 0.05) is 45.0 Å². The minimum atomic E-state index is -3.04. The van der Waals surface area contributed by atoms with E-state index in [-0.39, 0.29) is 17.2 Å². The van der Waals surface area contributed by atoms with E-state index in [1.54, 1.807) is 7.11 Å². The molecule has 2 aliphatic rings. The summed E-state index contributed by atoms with van der Waals surface area (Å²) in [4.78, 5) is 16.5. The number of likely N-dealkylation sites (tertiary alicyclic amines) is 2. The number of methoxy groups -OCH3 is 1. The SMILES string of the molecule is COCCN1CCCC2(CCC(=O)N2CCS(C)(=O)=O)CC1. The van der Waals surface area contributed by atoms with Crippen LogP contribution >= 0.6 is 0 Å². The first kappa shape index (κ1) is 17.7. The third-order valence-electron chi connectivity index (χ3n) is 4.99. The number of nitrogens with zero attached hydrogens (tertiary/aromatic N) is 2. The molecule has 7 heteroatoms. The van der Waals surface area contributed by atoms with Crippen LogP contribution in [0.1, 0.15) is 32.1 Å². The zero-order chi connectivity index (χ0) is 16.2. The molecule has 22 heavy (non-hydrogen) atoms. The fourth-order valence-corrected chi connectivity index (χ4v) is 4.21. The van der Waals surface area contributed by atoms with Crippen LogP contribution in [-0.4, -0.2) is 81.6 Å². The fourth-order valence-electron chi connectivity index (χ4n) is 3.69. The lowest BCUT2D eigenvalue weighted by atomic mass is 9.88. The highest BCUT2D eigenvalue weighted by molar-refractivity contribution is 7.90. The van der Waals surface area contributed by atoms with E-state index in [2.05, 4.69) is 4.90 Å². The highest BCUT2D eigenvalue weighted by atomic mass is 32.2. The minimum Gasteiger partial charge on any atom is -0.383 e. The summed E-state index contributed by atoms with van der Waals surface area (Å²) in [6.07, 6.45) is 5.62. The van der Waals surface area contributed by atoms with E-state index in [1.807, 2.05) is 4.90 Å². The smallest absolute Gasteiger partial charge is 0.223 e. The molecule has 0 aromatic heterocycles. The first-order valence-electron chi connectivity index (χ1n) is 8.06. The number of ether oxygens (including phenoxy) is 1. The van der Waals surface area contributed by atoms with Gasteiger partial charge in [0.05, 0.1) is 12.4 Å². The molecule has 2 fully saturated rings. The number of carbonyl (C=O) groups excluding carboxylic acids is 1. The third-order valence-corrected chi connectivity index (χ3v) is 5.91. The molecule has 0 bridgehead atoms. The Bertz CT molecular complexity index is 494.